The number of aryl methyl sites for hydroxylation is 2. The molecule has 0 bridgehead atoms. The van der Waals surface area contributed by atoms with Gasteiger partial charge >= 0.3 is 0 Å². The fourth-order valence-electron chi connectivity index (χ4n) is 2.03. The Labute approximate surface area is 117 Å². The quantitative estimate of drug-likeness (QED) is 0.903. The van der Waals surface area contributed by atoms with E-state index < -0.39 is 0 Å². The Morgan fingerprint density at radius 2 is 2.21 bits per heavy atom. The van der Waals surface area contributed by atoms with E-state index in [9.17, 15) is 4.79 Å². The molecule has 2 N–H and O–H groups in total. The van der Waals surface area contributed by atoms with Crippen molar-refractivity contribution in [2.24, 2.45) is 0 Å². The number of amides is 1. The molecule has 2 aromatic heterocycles. The van der Waals surface area contributed by atoms with E-state index in [1.807, 2.05) is 19.9 Å². The summed E-state index contributed by atoms with van der Waals surface area (Å²) < 4.78 is 0. The molecule has 0 aliphatic rings. The van der Waals surface area contributed by atoms with Crippen molar-refractivity contribution in [3.05, 3.63) is 39.3 Å². The third-order valence-corrected chi connectivity index (χ3v) is 4.47. The third kappa shape index (κ3) is 2.87. The van der Waals surface area contributed by atoms with Gasteiger partial charge in [-0.2, -0.15) is 5.10 Å². The van der Waals surface area contributed by atoms with Crippen molar-refractivity contribution in [1.29, 1.82) is 0 Å². The summed E-state index contributed by atoms with van der Waals surface area (Å²) in [5.41, 5.74) is 2.14. The van der Waals surface area contributed by atoms with E-state index >= 15 is 0 Å². The number of carbonyl (C=O) groups is 1. The molecule has 0 aliphatic heterocycles. The molecule has 2 aromatic rings. The van der Waals surface area contributed by atoms with Gasteiger partial charge in [-0.15, -0.1) is 11.3 Å². The van der Waals surface area contributed by atoms with Gasteiger partial charge in [-0.1, -0.05) is 19.9 Å². The van der Waals surface area contributed by atoms with E-state index in [1.165, 1.54) is 4.88 Å². The molecule has 0 spiro atoms. The average molecular weight is 277 g/mol. The Morgan fingerprint density at radius 1 is 1.47 bits per heavy atom. The maximum Gasteiger partial charge on any atom is 0.255 e. The zero-order valence-corrected chi connectivity index (χ0v) is 12.5. The molecule has 0 saturated carbocycles. The Balaban J connectivity index is 2.05. The van der Waals surface area contributed by atoms with Gasteiger partial charge in [0.2, 0.25) is 0 Å². The van der Waals surface area contributed by atoms with Crippen molar-refractivity contribution in [3.8, 4) is 0 Å². The minimum Gasteiger partial charge on any atom is -0.351 e. The first kappa shape index (κ1) is 13.8. The first-order valence-electron chi connectivity index (χ1n) is 6.25. The Kier molecular flexibility index (Phi) is 3.75. The molecular formula is C14H19N3OS. The molecule has 0 saturated heterocycles. The van der Waals surface area contributed by atoms with Crippen molar-refractivity contribution in [3.63, 3.8) is 0 Å². The lowest BCUT2D eigenvalue weighted by Gasteiger charge is -2.23. The second-order valence-electron chi connectivity index (χ2n) is 5.35. The summed E-state index contributed by atoms with van der Waals surface area (Å²) >= 11 is 1.72. The van der Waals surface area contributed by atoms with Crippen LogP contribution in [0.25, 0.3) is 0 Å². The minimum atomic E-state index is -0.0617. The number of nitrogens with zero attached hydrogens (tertiary/aromatic N) is 1. The summed E-state index contributed by atoms with van der Waals surface area (Å²) in [5, 5.41) is 11.9. The van der Waals surface area contributed by atoms with Gasteiger partial charge in [0, 0.05) is 22.5 Å². The van der Waals surface area contributed by atoms with Gasteiger partial charge in [0.05, 0.1) is 11.3 Å². The Hall–Kier alpha value is -1.62. The molecule has 1 amide bonds. The second-order valence-corrected chi connectivity index (χ2v) is 6.30. The highest BCUT2D eigenvalue weighted by atomic mass is 32.1. The number of thiophene rings is 1. The van der Waals surface area contributed by atoms with E-state index in [2.05, 4.69) is 40.8 Å². The highest BCUT2D eigenvalue weighted by Crippen LogP contribution is 2.26. The van der Waals surface area contributed by atoms with E-state index in [1.54, 1.807) is 11.3 Å². The summed E-state index contributed by atoms with van der Waals surface area (Å²) in [5.74, 6) is -0.0617. The van der Waals surface area contributed by atoms with Crippen LogP contribution in [-0.4, -0.2) is 22.6 Å². The van der Waals surface area contributed by atoms with Crippen LogP contribution < -0.4 is 5.32 Å². The smallest absolute Gasteiger partial charge is 0.255 e. The molecule has 5 heteroatoms. The number of hydrogen-bond acceptors (Lipinski definition) is 3. The van der Waals surface area contributed by atoms with Crippen LogP contribution in [-0.2, 0) is 5.41 Å². The van der Waals surface area contributed by atoms with Crippen LogP contribution in [0.5, 0.6) is 0 Å². The van der Waals surface area contributed by atoms with E-state index in [4.69, 9.17) is 0 Å². The largest absolute Gasteiger partial charge is 0.351 e. The molecule has 4 nitrogen and oxygen atoms in total. The van der Waals surface area contributed by atoms with Crippen LogP contribution in [0.4, 0.5) is 0 Å². The lowest BCUT2D eigenvalue weighted by molar-refractivity contribution is 0.0945. The molecule has 0 radical (unpaired) electrons. The number of H-pyrrole nitrogens is 1. The monoisotopic (exact) mass is 277 g/mol. The second kappa shape index (κ2) is 5.17. The van der Waals surface area contributed by atoms with Gasteiger partial charge in [-0.05, 0) is 25.3 Å². The average Bonchev–Trinajstić information content (AvgIpc) is 2.97. The van der Waals surface area contributed by atoms with Gasteiger partial charge < -0.3 is 5.32 Å². The van der Waals surface area contributed by atoms with Crippen molar-refractivity contribution in [2.45, 2.75) is 33.1 Å². The summed E-state index contributed by atoms with van der Waals surface area (Å²) in [7, 11) is 0. The number of hydrogen-bond donors (Lipinski definition) is 2. The summed E-state index contributed by atoms with van der Waals surface area (Å²) in [6.07, 6.45) is 0. The zero-order chi connectivity index (χ0) is 14.0. The molecule has 102 valence electrons. The summed E-state index contributed by atoms with van der Waals surface area (Å²) in [6, 6.07) is 4.14. The van der Waals surface area contributed by atoms with Crippen LogP contribution in [0.1, 0.15) is 40.5 Å². The summed E-state index contributed by atoms with van der Waals surface area (Å²) in [4.78, 5) is 13.5. The van der Waals surface area contributed by atoms with E-state index in [-0.39, 0.29) is 11.3 Å². The highest BCUT2D eigenvalue weighted by molar-refractivity contribution is 7.10. The van der Waals surface area contributed by atoms with Gasteiger partial charge in [-0.3, -0.25) is 9.89 Å². The standard InChI is InChI=1S/C14H19N3OS/c1-9-12(10(2)17-16-9)13(18)15-8-14(3,4)11-6-5-7-19-11/h5-7H,8H2,1-4H3,(H,15,18)(H,16,17). The summed E-state index contributed by atoms with van der Waals surface area (Å²) in [6.45, 7) is 8.57. The molecular weight excluding hydrogens is 258 g/mol. The topological polar surface area (TPSA) is 57.8 Å². The number of rotatable bonds is 4. The molecule has 0 fully saturated rings. The van der Waals surface area contributed by atoms with Crippen molar-refractivity contribution >= 4 is 17.2 Å². The lowest BCUT2D eigenvalue weighted by atomic mass is 9.91. The molecule has 0 aliphatic carbocycles. The number of carbonyl (C=O) groups excluding carboxylic acids is 1. The van der Waals surface area contributed by atoms with Crippen molar-refractivity contribution < 1.29 is 4.79 Å². The lowest BCUT2D eigenvalue weighted by Crippen LogP contribution is -2.36. The number of nitrogens with one attached hydrogen (secondary N) is 2. The van der Waals surface area contributed by atoms with Crippen LogP contribution >= 0.6 is 11.3 Å². The molecule has 0 atom stereocenters. The number of aromatic nitrogens is 2. The SMILES string of the molecule is Cc1n[nH]c(C)c1C(=O)NCC(C)(C)c1cccs1. The van der Waals surface area contributed by atoms with Crippen LogP contribution in [0.3, 0.4) is 0 Å². The maximum absolute atomic E-state index is 12.2. The molecule has 2 heterocycles. The number of aromatic amines is 1. The normalized spacial score (nSPS) is 11.6. The predicted molar refractivity (Wildman–Crippen MR) is 77.7 cm³/mol. The first-order chi connectivity index (χ1) is 8.92. The molecule has 0 aromatic carbocycles. The van der Waals surface area contributed by atoms with Crippen LogP contribution in [0, 0.1) is 13.8 Å². The predicted octanol–water partition coefficient (Wildman–Crippen LogP) is 2.80. The molecule has 0 unspecified atom stereocenters. The highest BCUT2D eigenvalue weighted by Gasteiger charge is 2.24. The molecule has 2 rings (SSSR count). The fraction of sp³-hybridized carbons (Fsp3) is 0.429. The van der Waals surface area contributed by atoms with Gasteiger partial charge in [-0.25, -0.2) is 0 Å². The Morgan fingerprint density at radius 3 is 2.74 bits per heavy atom. The van der Waals surface area contributed by atoms with E-state index in [0.29, 0.717) is 12.1 Å². The van der Waals surface area contributed by atoms with Crippen molar-refractivity contribution in [2.75, 3.05) is 6.54 Å². The van der Waals surface area contributed by atoms with Crippen LogP contribution in [0.2, 0.25) is 0 Å². The van der Waals surface area contributed by atoms with Gasteiger partial charge in [0.1, 0.15) is 0 Å². The van der Waals surface area contributed by atoms with E-state index in [0.717, 1.165) is 11.4 Å². The fourth-order valence-corrected chi connectivity index (χ4v) is 2.88. The van der Waals surface area contributed by atoms with Gasteiger partial charge in [0.15, 0.2) is 0 Å². The van der Waals surface area contributed by atoms with Crippen LogP contribution in [0.15, 0.2) is 17.5 Å². The van der Waals surface area contributed by atoms with Crippen molar-refractivity contribution in [1.82, 2.24) is 15.5 Å². The minimum absolute atomic E-state index is 0.0601. The Bertz CT molecular complexity index is 550. The maximum atomic E-state index is 12.2. The zero-order valence-electron chi connectivity index (χ0n) is 11.7. The molecule has 19 heavy (non-hydrogen) atoms. The first-order valence-corrected chi connectivity index (χ1v) is 7.13. The third-order valence-electron chi connectivity index (χ3n) is 3.23. The van der Waals surface area contributed by atoms with Gasteiger partial charge in [0.25, 0.3) is 5.91 Å².